The molecular weight excluding hydrogens is 324 g/mol. The molecule has 0 unspecified atom stereocenters. The number of benzene rings is 1. The van der Waals surface area contributed by atoms with E-state index in [1.807, 2.05) is 6.07 Å². The van der Waals surface area contributed by atoms with E-state index in [4.69, 9.17) is 0 Å². The van der Waals surface area contributed by atoms with Crippen LogP contribution in [0, 0.1) is 5.41 Å². The molecule has 138 valence electrons. The largest absolute Gasteiger partial charge is 0.480 e. The second-order valence-electron chi connectivity index (χ2n) is 8.91. The van der Waals surface area contributed by atoms with Crippen molar-refractivity contribution in [3.05, 3.63) is 59.4 Å². The van der Waals surface area contributed by atoms with Crippen LogP contribution in [0.3, 0.4) is 0 Å². The Morgan fingerprint density at radius 3 is 2.62 bits per heavy atom. The third kappa shape index (κ3) is 2.59. The Labute approximate surface area is 155 Å². The Hall–Kier alpha value is -2.07. The van der Waals surface area contributed by atoms with Crippen molar-refractivity contribution >= 4 is 5.97 Å². The highest BCUT2D eigenvalue weighted by molar-refractivity contribution is 5.80. The summed E-state index contributed by atoms with van der Waals surface area (Å²) in [6, 6.07) is 12.8. The van der Waals surface area contributed by atoms with Crippen LogP contribution in [0.25, 0.3) is 0 Å². The van der Waals surface area contributed by atoms with Gasteiger partial charge in [0.1, 0.15) is 5.54 Å². The highest BCUT2D eigenvalue weighted by Crippen LogP contribution is 2.51. The van der Waals surface area contributed by atoms with Gasteiger partial charge in [-0.15, -0.1) is 0 Å². The molecule has 1 N–H and O–H groups in total. The maximum atomic E-state index is 12.4. The van der Waals surface area contributed by atoms with Gasteiger partial charge in [-0.05, 0) is 42.0 Å². The molecule has 4 rings (SSSR count). The summed E-state index contributed by atoms with van der Waals surface area (Å²) in [6.07, 6.45) is 4.45. The van der Waals surface area contributed by atoms with Gasteiger partial charge in [0.15, 0.2) is 0 Å². The average molecular weight is 352 g/mol. The average Bonchev–Trinajstić information content (AvgIpc) is 3.17. The third-order valence-electron chi connectivity index (χ3n) is 6.13. The molecule has 0 bridgehead atoms. The SMILES string of the molecule is CC(C)(C)[C@@H]1c2ccn(Cc3ccccc3)c2C[C@@]2(C(=O)O)CCCN12. The number of nitrogens with zero attached hydrogens (tertiary/aromatic N) is 2. The highest BCUT2D eigenvalue weighted by Gasteiger charge is 2.56. The summed E-state index contributed by atoms with van der Waals surface area (Å²) in [6.45, 7) is 8.35. The van der Waals surface area contributed by atoms with E-state index in [0.717, 1.165) is 25.9 Å². The molecule has 0 saturated carbocycles. The summed E-state index contributed by atoms with van der Waals surface area (Å²) in [7, 11) is 0. The summed E-state index contributed by atoms with van der Waals surface area (Å²) in [5.41, 5.74) is 3.00. The van der Waals surface area contributed by atoms with Gasteiger partial charge in [-0.25, -0.2) is 0 Å². The first-order chi connectivity index (χ1) is 12.3. The third-order valence-corrected chi connectivity index (χ3v) is 6.13. The molecule has 2 aliphatic heterocycles. The minimum absolute atomic E-state index is 0.0147. The fourth-order valence-corrected chi connectivity index (χ4v) is 5.05. The topological polar surface area (TPSA) is 45.5 Å². The number of hydrogen-bond acceptors (Lipinski definition) is 2. The number of carbonyl (C=O) groups is 1. The molecule has 4 heteroatoms. The lowest BCUT2D eigenvalue weighted by Gasteiger charge is -2.49. The van der Waals surface area contributed by atoms with Gasteiger partial charge in [0, 0.05) is 30.9 Å². The van der Waals surface area contributed by atoms with Gasteiger partial charge >= 0.3 is 5.97 Å². The van der Waals surface area contributed by atoms with Gasteiger partial charge in [0.25, 0.3) is 0 Å². The first kappa shape index (κ1) is 17.3. The second kappa shape index (κ2) is 5.98. The zero-order valence-electron chi connectivity index (χ0n) is 15.9. The highest BCUT2D eigenvalue weighted by atomic mass is 16.4. The Kier molecular flexibility index (Phi) is 3.99. The molecule has 0 radical (unpaired) electrons. The van der Waals surface area contributed by atoms with Crippen LogP contribution < -0.4 is 0 Å². The van der Waals surface area contributed by atoms with Crippen molar-refractivity contribution < 1.29 is 9.90 Å². The molecule has 1 fully saturated rings. The normalized spacial score (nSPS) is 25.7. The van der Waals surface area contributed by atoms with E-state index < -0.39 is 11.5 Å². The van der Waals surface area contributed by atoms with E-state index in [0.29, 0.717) is 6.42 Å². The number of hydrogen-bond donors (Lipinski definition) is 1. The van der Waals surface area contributed by atoms with E-state index >= 15 is 0 Å². The van der Waals surface area contributed by atoms with Crippen LogP contribution >= 0.6 is 0 Å². The van der Waals surface area contributed by atoms with Crippen LogP contribution in [0.1, 0.15) is 56.5 Å². The maximum Gasteiger partial charge on any atom is 0.324 e. The van der Waals surface area contributed by atoms with Crippen LogP contribution in [-0.4, -0.2) is 32.6 Å². The number of fused-ring (bicyclic) bond motifs is 2. The number of aliphatic carboxylic acids is 1. The van der Waals surface area contributed by atoms with Gasteiger partial charge in [-0.3, -0.25) is 9.69 Å². The summed E-state index contributed by atoms with van der Waals surface area (Å²) < 4.78 is 2.27. The zero-order valence-corrected chi connectivity index (χ0v) is 15.9. The van der Waals surface area contributed by atoms with Gasteiger partial charge in [-0.1, -0.05) is 51.1 Å². The lowest BCUT2D eigenvalue weighted by atomic mass is 9.74. The minimum Gasteiger partial charge on any atom is -0.480 e. The number of rotatable bonds is 3. The van der Waals surface area contributed by atoms with E-state index in [1.165, 1.54) is 16.8 Å². The van der Waals surface area contributed by atoms with Crippen molar-refractivity contribution in [3.8, 4) is 0 Å². The zero-order chi connectivity index (χ0) is 18.5. The summed E-state index contributed by atoms with van der Waals surface area (Å²) >= 11 is 0. The van der Waals surface area contributed by atoms with Gasteiger partial charge in [-0.2, -0.15) is 0 Å². The number of carboxylic acid groups (broad SMARTS) is 1. The van der Waals surface area contributed by atoms with Crippen molar-refractivity contribution in [2.75, 3.05) is 6.54 Å². The van der Waals surface area contributed by atoms with Crippen molar-refractivity contribution in [1.82, 2.24) is 9.47 Å². The smallest absolute Gasteiger partial charge is 0.324 e. The fraction of sp³-hybridized carbons (Fsp3) is 0.500. The second-order valence-corrected chi connectivity index (χ2v) is 8.91. The lowest BCUT2D eigenvalue weighted by Crippen LogP contribution is -2.58. The molecule has 2 aliphatic rings. The van der Waals surface area contributed by atoms with E-state index in [-0.39, 0.29) is 11.5 Å². The molecule has 4 nitrogen and oxygen atoms in total. The number of aromatic nitrogens is 1. The Balaban J connectivity index is 1.82. The summed E-state index contributed by atoms with van der Waals surface area (Å²) in [5, 5.41) is 10.2. The molecule has 0 aliphatic carbocycles. The van der Waals surface area contributed by atoms with Gasteiger partial charge in [0.05, 0.1) is 0 Å². The van der Waals surface area contributed by atoms with Crippen LogP contribution in [-0.2, 0) is 17.8 Å². The van der Waals surface area contributed by atoms with Crippen molar-refractivity contribution in [1.29, 1.82) is 0 Å². The molecule has 0 amide bonds. The first-order valence-electron chi connectivity index (χ1n) is 9.55. The Morgan fingerprint density at radius 1 is 1.23 bits per heavy atom. The summed E-state index contributed by atoms with van der Waals surface area (Å²) in [5.74, 6) is -0.664. The molecule has 3 heterocycles. The van der Waals surface area contributed by atoms with Gasteiger partial charge in [0.2, 0.25) is 0 Å². The lowest BCUT2D eigenvalue weighted by molar-refractivity contribution is -0.154. The maximum absolute atomic E-state index is 12.4. The Morgan fingerprint density at radius 2 is 1.96 bits per heavy atom. The van der Waals surface area contributed by atoms with E-state index in [1.54, 1.807) is 0 Å². The molecule has 2 aromatic rings. The molecule has 2 atom stereocenters. The van der Waals surface area contributed by atoms with E-state index in [9.17, 15) is 9.90 Å². The molecule has 1 saturated heterocycles. The quantitative estimate of drug-likeness (QED) is 0.905. The van der Waals surface area contributed by atoms with E-state index in [2.05, 4.69) is 66.8 Å². The summed E-state index contributed by atoms with van der Waals surface area (Å²) in [4.78, 5) is 14.7. The van der Waals surface area contributed by atoms with Crippen molar-refractivity contribution in [2.24, 2.45) is 5.41 Å². The molecule has 26 heavy (non-hydrogen) atoms. The van der Waals surface area contributed by atoms with Crippen molar-refractivity contribution in [2.45, 2.75) is 58.2 Å². The molecule has 0 spiro atoms. The van der Waals surface area contributed by atoms with Crippen molar-refractivity contribution in [3.63, 3.8) is 0 Å². The predicted octanol–water partition coefficient (Wildman–Crippen LogP) is 4.10. The Bertz CT molecular complexity index is 818. The van der Waals surface area contributed by atoms with Crippen LogP contribution in [0.2, 0.25) is 0 Å². The molecule has 1 aromatic heterocycles. The molecular formula is C22H28N2O2. The fourth-order valence-electron chi connectivity index (χ4n) is 5.05. The first-order valence-corrected chi connectivity index (χ1v) is 9.55. The minimum atomic E-state index is -0.752. The van der Waals surface area contributed by atoms with Gasteiger partial charge < -0.3 is 9.67 Å². The van der Waals surface area contributed by atoms with Crippen LogP contribution in [0.4, 0.5) is 0 Å². The molecule has 1 aromatic carbocycles. The predicted molar refractivity (Wildman–Crippen MR) is 102 cm³/mol. The van der Waals surface area contributed by atoms with Crippen LogP contribution in [0.5, 0.6) is 0 Å². The number of carboxylic acids is 1. The monoisotopic (exact) mass is 352 g/mol. The standard InChI is InChI=1S/C22H28N2O2/c1-21(2,3)19-17-10-13-23(15-16-8-5-4-6-9-16)18(17)14-22(20(25)26)11-7-12-24(19)22/h4-6,8-10,13,19H,7,11-12,14-15H2,1-3H3,(H,25,26)/t19-,22+/m0/s1. The van der Waals surface area contributed by atoms with Crippen LogP contribution in [0.15, 0.2) is 42.6 Å².